The molecule has 14 heavy (non-hydrogen) atoms. The lowest BCUT2D eigenvalue weighted by atomic mass is 10.1. The summed E-state index contributed by atoms with van der Waals surface area (Å²) in [6.07, 6.45) is 2.68. The van der Waals surface area contributed by atoms with E-state index in [1.54, 1.807) is 0 Å². The van der Waals surface area contributed by atoms with Gasteiger partial charge in [-0.1, -0.05) is 13.8 Å². The molecule has 0 radical (unpaired) electrons. The monoisotopic (exact) mass is 200 g/mol. The van der Waals surface area contributed by atoms with Gasteiger partial charge in [-0.2, -0.15) is 8.78 Å². The zero-order chi connectivity index (χ0) is 10.6. The number of hydrogen-bond donors (Lipinski definition) is 1. The van der Waals surface area contributed by atoms with Crippen molar-refractivity contribution < 1.29 is 8.78 Å². The minimum atomic E-state index is -2.85. The summed E-state index contributed by atoms with van der Waals surface area (Å²) in [5.74, 6) is -2.85. The molecule has 0 saturated heterocycles. The third kappa shape index (κ3) is 3.03. The van der Waals surface area contributed by atoms with Crippen LogP contribution >= 0.6 is 0 Å². The van der Waals surface area contributed by atoms with Crippen LogP contribution in [0.15, 0.2) is 24.5 Å². The van der Waals surface area contributed by atoms with E-state index >= 15 is 0 Å². The summed E-state index contributed by atoms with van der Waals surface area (Å²) in [6.45, 7) is 3.31. The van der Waals surface area contributed by atoms with Gasteiger partial charge >= 0.3 is 0 Å². The SMILES string of the molecule is CC(C)NCC(F)(F)c1cccnc1. The number of nitrogens with zero attached hydrogens (tertiary/aromatic N) is 1. The van der Waals surface area contributed by atoms with Gasteiger partial charge in [-0.15, -0.1) is 0 Å². The number of aromatic nitrogens is 1. The van der Waals surface area contributed by atoms with E-state index < -0.39 is 5.92 Å². The second-order valence-corrected chi connectivity index (χ2v) is 3.48. The zero-order valence-corrected chi connectivity index (χ0v) is 8.30. The first-order chi connectivity index (χ1) is 6.52. The molecule has 1 rings (SSSR count). The molecule has 78 valence electrons. The van der Waals surface area contributed by atoms with Crippen LogP contribution in [0.3, 0.4) is 0 Å². The third-order valence-corrected chi connectivity index (χ3v) is 1.82. The lowest BCUT2D eigenvalue weighted by Gasteiger charge is -2.18. The van der Waals surface area contributed by atoms with Crippen LogP contribution in [0, 0.1) is 0 Å². The van der Waals surface area contributed by atoms with E-state index in [1.165, 1.54) is 24.5 Å². The maximum Gasteiger partial charge on any atom is 0.286 e. The van der Waals surface area contributed by atoms with Gasteiger partial charge in [0.1, 0.15) is 0 Å². The van der Waals surface area contributed by atoms with E-state index in [2.05, 4.69) is 10.3 Å². The highest BCUT2D eigenvalue weighted by atomic mass is 19.3. The minimum Gasteiger partial charge on any atom is -0.309 e. The van der Waals surface area contributed by atoms with Gasteiger partial charge in [-0.05, 0) is 12.1 Å². The van der Waals surface area contributed by atoms with Crippen molar-refractivity contribution in [1.82, 2.24) is 10.3 Å². The van der Waals surface area contributed by atoms with Gasteiger partial charge in [-0.25, -0.2) is 0 Å². The maximum absolute atomic E-state index is 13.4. The summed E-state index contributed by atoms with van der Waals surface area (Å²) in [4.78, 5) is 3.67. The van der Waals surface area contributed by atoms with Crippen molar-refractivity contribution in [1.29, 1.82) is 0 Å². The Bertz CT molecular complexity index is 273. The molecule has 0 aliphatic heterocycles. The first-order valence-electron chi connectivity index (χ1n) is 4.54. The molecule has 0 bridgehead atoms. The van der Waals surface area contributed by atoms with Crippen LogP contribution in [0.5, 0.6) is 0 Å². The number of alkyl halides is 2. The van der Waals surface area contributed by atoms with Gasteiger partial charge in [0, 0.05) is 24.0 Å². The molecule has 0 amide bonds. The summed E-state index contributed by atoms with van der Waals surface area (Å²) < 4.78 is 26.8. The molecule has 0 aliphatic carbocycles. The third-order valence-electron chi connectivity index (χ3n) is 1.82. The predicted octanol–water partition coefficient (Wildman–Crippen LogP) is 2.17. The first-order valence-corrected chi connectivity index (χ1v) is 4.54. The molecular formula is C10H14F2N2. The Labute approximate surface area is 82.4 Å². The Hall–Kier alpha value is -1.03. The van der Waals surface area contributed by atoms with E-state index in [0.29, 0.717) is 0 Å². The maximum atomic E-state index is 13.4. The molecule has 0 fully saturated rings. The van der Waals surface area contributed by atoms with E-state index in [-0.39, 0.29) is 18.2 Å². The van der Waals surface area contributed by atoms with Crippen molar-refractivity contribution in [2.45, 2.75) is 25.8 Å². The van der Waals surface area contributed by atoms with Crippen LogP contribution in [0.25, 0.3) is 0 Å². The van der Waals surface area contributed by atoms with E-state index in [9.17, 15) is 8.78 Å². The summed E-state index contributed by atoms with van der Waals surface area (Å²) in [5.41, 5.74) is -0.0480. The molecule has 0 aromatic carbocycles. The smallest absolute Gasteiger partial charge is 0.286 e. The van der Waals surface area contributed by atoms with Crippen LogP contribution in [-0.2, 0) is 5.92 Å². The number of pyridine rings is 1. The van der Waals surface area contributed by atoms with Gasteiger partial charge in [0.2, 0.25) is 0 Å². The zero-order valence-electron chi connectivity index (χ0n) is 8.30. The molecule has 1 aromatic heterocycles. The summed E-state index contributed by atoms with van der Waals surface area (Å²) in [6, 6.07) is 2.95. The van der Waals surface area contributed by atoms with Crippen molar-refractivity contribution in [2.75, 3.05) is 6.54 Å². The average molecular weight is 200 g/mol. The number of halogens is 2. The van der Waals surface area contributed by atoms with Crippen LogP contribution in [-0.4, -0.2) is 17.6 Å². The second-order valence-electron chi connectivity index (χ2n) is 3.48. The lowest BCUT2D eigenvalue weighted by molar-refractivity contribution is -0.00516. The molecule has 0 spiro atoms. The first kappa shape index (κ1) is 11.0. The van der Waals surface area contributed by atoms with E-state index in [0.717, 1.165) is 0 Å². The molecule has 1 N–H and O–H groups in total. The molecule has 2 nitrogen and oxygen atoms in total. The number of rotatable bonds is 4. The molecular weight excluding hydrogens is 186 g/mol. The van der Waals surface area contributed by atoms with Crippen LogP contribution in [0.1, 0.15) is 19.4 Å². The molecule has 0 saturated carbocycles. The molecule has 0 unspecified atom stereocenters. The summed E-state index contributed by atoms with van der Waals surface area (Å²) in [7, 11) is 0. The minimum absolute atomic E-state index is 0.0480. The van der Waals surface area contributed by atoms with Gasteiger partial charge in [-0.3, -0.25) is 4.98 Å². The van der Waals surface area contributed by atoms with Gasteiger partial charge in [0.05, 0.1) is 6.54 Å². The topological polar surface area (TPSA) is 24.9 Å². The summed E-state index contributed by atoms with van der Waals surface area (Å²) in [5, 5.41) is 2.71. The standard InChI is InChI=1S/C10H14F2N2/c1-8(2)14-7-10(11,12)9-4-3-5-13-6-9/h3-6,8,14H,7H2,1-2H3. The highest BCUT2D eigenvalue weighted by Gasteiger charge is 2.31. The number of hydrogen-bond acceptors (Lipinski definition) is 2. The van der Waals surface area contributed by atoms with Crippen LogP contribution in [0.4, 0.5) is 8.78 Å². The molecule has 4 heteroatoms. The van der Waals surface area contributed by atoms with Crippen molar-refractivity contribution >= 4 is 0 Å². The fraction of sp³-hybridized carbons (Fsp3) is 0.500. The Morgan fingerprint density at radius 3 is 2.71 bits per heavy atom. The Balaban J connectivity index is 2.66. The highest BCUT2D eigenvalue weighted by Crippen LogP contribution is 2.25. The Morgan fingerprint density at radius 2 is 2.21 bits per heavy atom. The van der Waals surface area contributed by atoms with Crippen molar-refractivity contribution in [3.63, 3.8) is 0 Å². The Kier molecular flexibility index (Phi) is 3.52. The molecule has 1 aromatic rings. The van der Waals surface area contributed by atoms with Crippen LogP contribution < -0.4 is 5.32 Å². The predicted molar refractivity (Wildman–Crippen MR) is 51.3 cm³/mol. The highest BCUT2D eigenvalue weighted by molar-refractivity contribution is 5.15. The summed E-state index contributed by atoms with van der Waals surface area (Å²) >= 11 is 0. The van der Waals surface area contributed by atoms with E-state index in [1.807, 2.05) is 13.8 Å². The largest absolute Gasteiger partial charge is 0.309 e. The quantitative estimate of drug-likeness (QED) is 0.805. The van der Waals surface area contributed by atoms with Crippen molar-refractivity contribution in [3.8, 4) is 0 Å². The van der Waals surface area contributed by atoms with Crippen molar-refractivity contribution in [2.24, 2.45) is 0 Å². The van der Waals surface area contributed by atoms with Gasteiger partial charge in [0.15, 0.2) is 0 Å². The van der Waals surface area contributed by atoms with Crippen molar-refractivity contribution in [3.05, 3.63) is 30.1 Å². The molecule has 0 aliphatic rings. The molecule has 0 atom stereocenters. The van der Waals surface area contributed by atoms with E-state index in [4.69, 9.17) is 0 Å². The number of nitrogens with one attached hydrogen (secondary N) is 1. The Morgan fingerprint density at radius 1 is 1.50 bits per heavy atom. The average Bonchev–Trinajstić information content (AvgIpc) is 2.16. The fourth-order valence-corrected chi connectivity index (χ4v) is 1.01. The van der Waals surface area contributed by atoms with Gasteiger partial charge in [0.25, 0.3) is 5.92 Å². The molecule has 1 heterocycles. The second kappa shape index (κ2) is 4.46. The van der Waals surface area contributed by atoms with Crippen LogP contribution in [0.2, 0.25) is 0 Å². The fourth-order valence-electron chi connectivity index (χ4n) is 1.01. The lowest BCUT2D eigenvalue weighted by Crippen LogP contribution is -2.34. The normalized spacial score (nSPS) is 12.1. The van der Waals surface area contributed by atoms with Gasteiger partial charge < -0.3 is 5.32 Å².